The van der Waals surface area contributed by atoms with Crippen LogP contribution in [0.4, 0.5) is 0 Å². The van der Waals surface area contributed by atoms with Crippen molar-refractivity contribution in [1.29, 1.82) is 0 Å². The Morgan fingerprint density at radius 1 is 1.40 bits per heavy atom. The average Bonchev–Trinajstić information content (AvgIpc) is 2.72. The van der Waals surface area contributed by atoms with Crippen LogP contribution in [0, 0.1) is 5.92 Å². The van der Waals surface area contributed by atoms with E-state index < -0.39 is 0 Å². The molecule has 1 N–H and O–H groups in total. The fourth-order valence-corrected chi connectivity index (χ4v) is 2.85. The summed E-state index contributed by atoms with van der Waals surface area (Å²) in [5, 5.41) is 5.79. The smallest absolute Gasteiger partial charge is 0.0488 e. The standard InChI is InChI=1S/C12H20ClNS/c1-3-10(4-2)12(13)9-14-8-11-6-5-7-15-11/h5-7,10,12,14H,3-4,8-9H2,1-2H3. The van der Waals surface area contributed by atoms with Crippen molar-refractivity contribution in [2.75, 3.05) is 6.54 Å². The molecule has 0 saturated carbocycles. The number of rotatable bonds is 7. The Balaban J connectivity index is 2.19. The lowest BCUT2D eigenvalue weighted by Gasteiger charge is -2.19. The SMILES string of the molecule is CCC(CC)C(Cl)CNCc1cccs1. The lowest BCUT2D eigenvalue weighted by molar-refractivity contribution is 0.446. The Hall–Kier alpha value is -0.0500. The van der Waals surface area contributed by atoms with Crippen molar-refractivity contribution in [3.63, 3.8) is 0 Å². The van der Waals surface area contributed by atoms with E-state index in [4.69, 9.17) is 11.6 Å². The van der Waals surface area contributed by atoms with Crippen LogP contribution in [0.1, 0.15) is 31.6 Å². The summed E-state index contributed by atoms with van der Waals surface area (Å²) < 4.78 is 0. The van der Waals surface area contributed by atoms with Crippen molar-refractivity contribution in [3.05, 3.63) is 22.4 Å². The summed E-state index contributed by atoms with van der Waals surface area (Å²) in [7, 11) is 0. The van der Waals surface area contributed by atoms with Gasteiger partial charge in [0.1, 0.15) is 0 Å². The van der Waals surface area contributed by atoms with Gasteiger partial charge in [-0.15, -0.1) is 22.9 Å². The van der Waals surface area contributed by atoms with Gasteiger partial charge in [-0.2, -0.15) is 0 Å². The predicted molar refractivity (Wildman–Crippen MR) is 69.7 cm³/mol. The maximum atomic E-state index is 6.33. The normalized spacial score (nSPS) is 13.3. The topological polar surface area (TPSA) is 12.0 Å². The maximum absolute atomic E-state index is 6.33. The molecule has 0 spiro atoms. The molecule has 0 aliphatic carbocycles. The zero-order valence-corrected chi connectivity index (χ0v) is 11.1. The van der Waals surface area contributed by atoms with E-state index >= 15 is 0 Å². The molecule has 0 bridgehead atoms. The molecule has 0 radical (unpaired) electrons. The molecule has 1 unspecified atom stereocenters. The van der Waals surface area contributed by atoms with Gasteiger partial charge in [-0.3, -0.25) is 0 Å². The van der Waals surface area contributed by atoms with E-state index in [2.05, 4.69) is 36.7 Å². The molecule has 3 heteroatoms. The zero-order chi connectivity index (χ0) is 11.1. The first-order valence-electron chi connectivity index (χ1n) is 5.65. The predicted octanol–water partition coefficient (Wildman–Crippen LogP) is 3.88. The van der Waals surface area contributed by atoms with Crippen LogP contribution in [0.5, 0.6) is 0 Å². The molecule has 0 saturated heterocycles. The van der Waals surface area contributed by atoms with E-state index in [1.165, 1.54) is 17.7 Å². The Bertz CT molecular complexity index is 244. The number of halogens is 1. The Labute approximate surface area is 102 Å². The quantitative estimate of drug-likeness (QED) is 0.719. The molecule has 1 nitrogen and oxygen atoms in total. The molecule has 1 heterocycles. The van der Waals surface area contributed by atoms with E-state index in [0.29, 0.717) is 5.92 Å². The molecule has 15 heavy (non-hydrogen) atoms. The fourth-order valence-electron chi connectivity index (χ4n) is 1.71. The van der Waals surface area contributed by atoms with Gasteiger partial charge in [0, 0.05) is 23.3 Å². The van der Waals surface area contributed by atoms with Crippen LogP contribution >= 0.6 is 22.9 Å². The number of thiophene rings is 1. The minimum absolute atomic E-state index is 0.264. The first-order chi connectivity index (χ1) is 7.27. The van der Waals surface area contributed by atoms with Crippen LogP contribution in [0.2, 0.25) is 0 Å². The highest BCUT2D eigenvalue weighted by atomic mass is 35.5. The lowest BCUT2D eigenvalue weighted by Crippen LogP contribution is -2.28. The summed E-state index contributed by atoms with van der Waals surface area (Å²) >= 11 is 8.12. The van der Waals surface area contributed by atoms with Gasteiger partial charge in [-0.05, 0) is 17.4 Å². The van der Waals surface area contributed by atoms with E-state index in [1.807, 2.05) is 0 Å². The highest BCUT2D eigenvalue weighted by molar-refractivity contribution is 7.09. The number of hydrogen-bond donors (Lipinski definition) is 1. The number of hydrogen-bond acceptors (Lipinski definition) is 2. The molecule has 0 aliphatic heterocycles. The molecule has 0 aliphatic rings. The molecule has 1 atom stereocenters. The minimum Gasteiger partial charge on any atom is -0.310 e. The van der Waals surface area contributed by atoms with Crippen LogP contribution in [0.25, 0.3) is 0 Å². The second kappa shape index (κ2) is 7.26. The monoisotopic (exact) mass is 245 g/mol. The van der Waals surface area contributed by atoms with Gasteiger partial charge in [-0.25, -0.2) is 0 Å². The Morgan fingerprint density at radius 3 is 2.67 bits per heavy atom. The second-order valence-corrected chi connectivity index (χ2v) is 5.40. The molecule has 1 aromatic heterocycles. The van der Waals surface area contributed by atoms with Crippen LogP contribution in [-0.4, -0.2) is 11.9 Å². The molecule has 86 valence electrons. The summed E-state index contributed by atoms with van der Waals surface area (Å²) in [4.78, 5) is 1.38. The van der Waals surface area contributed by atoms with E-state index in [1.54, 1.807) is 11.3 Å². The van der Waals surface area contributed by atoms with Crippen LogP contribution in [-0.2, 0) is 6.54 Å². The van der Waals surface area contributed by atoms with E-state index in [0.717, 1.165) is 13.1 Å². The Morgan fingerprint density at radius 2 is 2.13 bits per heavy atom. The largest absolute Gasteiger partial charge is 0.310 e. The molecular weight excluding hydrogens is 226 g/mol. The van der Waals surface area contributed by atoms with Crippen LogP contribution in [0.3, 0.4) is 0 Å². The van der Waals surface area contributed by atoms with Gasteiger partial charge in [-0.1, -0.05) is 32.8 Å². The highest BCUT2D eigenvalue weighted by Gasteiger charge is 2.14. The average molecular weight is 246 g/mol. The van der Waals surface area contributed by atoms with E-state index in [9.17, 15) is 0 Å². The van der Waals surface area contributed by atoms with Crippen molar-refractivity contribution in [1.82, 2.24) is 5.32 Å². The third-order valence-corrected chi connectivity index (χ3v) is 4.17. The molecule has 0 fully saturated rings. The van der Waals surface area contributed by atoms with Crippen LogP contribution in [0.15, 0.2) is 17.5 Å². The van der Waals surface area contributed by atoms with Crippen LogP contribution < -0.4 is 5.32 Å². The van der Waals surface area contributed by atoms with Crippen molar-refractivity contribution in [3.8, 4) is 0 Å². The fraction of sp³-hybridized carbons (Fsp3) is 0.667. The summed E-state index contributed by atoms with van der Waals surface area (Å²) in [6.45, 7) is 6.28. The van der Waals surface area contributed by atoms with Gasteiger partial charge >= 0.3 is 0 Å². The van der Waals surface area contributed by atoms with Crippen molar-refractivity contribution >= 4 is 22.9 Å². The lowest BCUT2D eigenvalue weighted by atomic mass is 9.99. The van der Waals surface area contributed by atoms with Crippen molar-refractivity contribution < 1.29 is 0 Å². The maximum Gasteiger partial charge on any atom is 0.0488 e. The third-order valence-electron chi connectivity index (χ3n) is 2.78. The van der Waals surface area contributed by atoms with Crippen molar-refractivity contribution in [2.24, 2.45) is 5.92 Å². The first-order valence-corrected chi connectivity index (χ1v) is 6.96. The summed E-state index contributed by atoms with van der Waals surface area (Å²) in [5.74, 6) is 0.641. The summed E-state index contributed by atoms with van der Waals surface area (Å²) in [6, 6.07) is 4.23. The summed E-state index contributed by atoms with van der Waals surface area (Å²) in [5.41, 5.74) is 0. The molecule has 0 amide bonds. The minimum atomic E-state index is 0.264. The molecular formula is C12H20ClNS. The zero-order valence-electron chi connectivity index (χ0n) is 9.50. The van der Waals surface area contributed by atoms with Gasteiger partial charge in [0.2, 0.25) is 0 Å². The third kappa shape index (κ3) is 4.54. The highest BCUT2D eigenvalue weighted by Crippen LogP contribution is 2.18. The molecule has 1 rings (SSSR count). The number of alkyl halides is 1. The molecule has 0 aromatic carbocycles. The van der Waals surface area contributed by atoms with Crippen molar-refractivity contribution in [2.45, 2.75) is 38.6 Å². The molecule has 1 aromatic rings. The second-order valence-electron chi connectivity index (χ2n) is 3.80. The van der Waals surface area contributed by atoms with Gasteiger partial charge in [0.05, 0.1) is 0 Å². The van der Waals surface area contributed by atoms with Gasteiger partial charge in [0.15, 0.2) is 0 Å². The van der Waals surface area contributed by atoms with Gasteiger partial charge < -0.3 is 5.32 Å². The first kappa shape index (κ1) is 13.0. The van der Waals surface area contributed by atoms with E-state index in [-0.39, 0.29) is 5.38 Å². The summed E-state index contributed by atoms with van der Waals surface area (Å²) in [6.07, 6.45) is 2.34. The Kier molecular flexibility index (Phi) is 6.30. The van der Waals surface area contributed by atoms with Gasteiger partial charge in [0.25, 0.3) is 0 Å². The number of nitrogens with one attached hydrogen (secondary N) is 1.